The maximum absolute atomic E-state index is 5.05. The molecule has 0 atom stereocenters. The molecule has 0 saturated carbocycles. The van der Waals surface area contributed by atoms with Crippen molar-refractivity contribution < 1.29 is 0 Å². The SMILES string of the molecule is CC1(C)c2ccccc2-c2ccc(N(c3cc(C4=Cc5c(n(-c6ccccc6)c6ccccc56)CC4)cc(N(c4ccc5ccccc5c4)c4ccccn4)c3)c3ccccn3)cc21. The van der Waals surface area contributed by atoms with Crippen molar-refractivity contribution in [2.24, 2.45) is 0 Å². The highest BCUT2D eigenvalue weighted by Crippen LogP contribution is 2.51. The molecule has 0 spiro atoms. The van der Waals surface area contributed by atoms with Crippen molar-refractivity contribution in [3.8, 4) is 16.8 Å². The van der Waals surface area contributed by atoms with Crippen molar-refractivity contribution in [2.75, 3.05) is 9.80 Å². The van der Waals surface area contributed by atoms with Gasteiger partial charge in [0, 0.05) is 51.5 Å². The van der Waals surface area contributed by atoms with E-state index < -0.39 is 0 Å². The van der Waals surface area contributed by atoms with Crippen LogP contribution in [0.4, 0.5) is 34.4 Å². The first-order valence-corrected chi connectivity index (χ1v) is 22.2. The topological polar surface area (TPSA) is 37.2 Å². The molecule has 64 heavy (non-hydrogen) atoms. The minimum absolute atomic E-state index is 0.167. The zero-order valence-corrected chi connectivity index (χ0v) is 35.9. The number of anilines is 6. The molecule has 10 aromatic rings. The molecule has 0 aliphatic heterocycles. The molecular weight excluding hydrogens is 779 g/mol. The van der Waals surface area contributed by atoms with Gasteiger partial charge < -0.3 is 4.57 Å². The second-order valence-corrected chi connectivity index (χ2v) is 17.4. The van der Waals surface area contributed by atoms with Gasteiger partial charge in [0.05, 0.1) is 16.9 Å². The van der Waals surface area contributed by atoms with Crippen LogP contribution < -0.4 is 9.80 Å². The van der Waals surface area contributed by atoms with Crippen LogP contribution in [0.15, 0.2) is 207 Å². The first kappa shape index (κ1) is 37.7. The molecular formula is C59H45N5. The number of para-hydroxylation sites is 2. The number of rotatable bonds is 8. The van der Waals surface area contributed by atoms with Crippen LogP contribution in [0.5, 0.6) is 0 Å². The van der Waals surface area contributed by atoms with Crippen molar-refractivity contribution in [1.29, 1.82) is 0 Å². The third-order valence-corrected chi connectivity index (χ3v) is 13.3. The van der Waals surface area contributed by atoms with Crippen LogP contribution in [0, 0.1) is 0 Å². The predicted molar refractivity (Wildman–Crippen MR) is 266 cm³/mol. The predicted octanol–water partition coefficient (Wildman–Crippen LogP) is 15.3. The van der Waals surface area contributed by atoms with Crippen LogP contribution in [-0.4, -0.2) is 14.5 Å². The summed E-state index contributed by atoms with van der Waals surface area (Å²) in [5, 5.41) is 3.63. The molecule has 0 N–H and O–H groups in total. The fraction of sp³-hybridized carbons (Fsp3) is 0.0847. The van der Waals surface area contributed by atoms with Crippen LogP contribution in [0.2, 0.25) is 0 Å². The Morgan fingerprint density at radius 2 is 1.11 bits per heavy atom. The summed E-state index contributed by atoms with van der Waals surface area (Å²) in [6.07, 6.45) is 8.01. The largest absolute Gasteiger partial charge is 0.313 e. The zero-order chi connectivity index (χ0) is 42.8. The molecule has 0 radical (unpaired) electrons. The van der Waals surface area contributed by atoms with Gasteiger partial charge >= 0.3 is 0 Å². The zero-order valence-electron chi connectivity index (χ0n) is 35.9. The van der Waals surface area contributed by atoms with E-state index in [9.17, 15) is 0 Å². The lowest BCUT2D eigenvalue weighted by atomic mass is 9.82. The van der Waals surface area contributed by atoms with Gasteiger partial charge in [-0.3, -0.25) is 9.80 Å². The van der Waals surface area contributed by atoms with Gasteiger partial charge in [-0.2, -0.15) is 0 Å². The second kappa shape index (κ2) is 15.1. The van der Waals surface area contributed by atoms with E-state index in [1.807, 2.05) is 24.5 Å². The highest BCUT2D eigenvalue weighted by Gasteiger charge is 2.36. The highest BCUT2D eigenvalue weighted by molar-refractivity contribution is 6.00. The molecule has 306 valence electrons. The van der Waals surface area contributed by atoms with Crippen molar-refractivity contribution >= 4 is 67.7 Å². The van der Waals surface area contributed by atoms with E-state index in [2.05, 4.69) is 216 Å². The quantitative estimate of drug-likeness (QED) is 0.153. The van der Waals surface area contributed by atoms with E-state index in [-0.39, 0.29) is 5.41 Å². The Kier molecular flexibility index (Phi) is 8.90. The Morgan fingerprint density at radius 3 is 1.86 bits per heavy atom. The lowest BCUT2D eigenvalue weighted by Crippen LogP contribution is -2.18. The molecule has 0 fully saturated rings. The number of fused-ring (bicyclic) bond motifs is 7. The molecule has 0 saturated heterocycles. The summed E-state index contributed by atoms with van der Waals surface area (Å²) in [6.45, 7) is 4.69. The van der Waals surface area contributed by atoms with Gasteiger partial charge in [0.15, 0.2) is 0 Å². The molecule has 12 rings (SSSR count). The van der Waals surface area contributed by atoms with E-state index >= 15 is 0 Å². The summed E-state index contributed by atoms with van der Waals surface area (Å²) in [6, 6.07) is 70.1. The summed E-state index contributed by atoms with van der Waals surface area (Å²) in [4.78, 5) is 14.7. The lowest BCUT2D eigenvalue weighted by Gasteiger charge is -2.30. The lowest BCUT2D eigenvalue weighted by molar-refractivity contribution is 0.660. The average Bonchev–Trinajstić information content (AvgIpc) is 3.80. The highest BCUT2D eigenvalue weighted by atomic mass is 15.2. The minimum atomic E-state index is -0.167. The Balaban J connectivity index is 1.10. The van der Waals surface area contributed by atoms with E-state index in [4.69, 9.17) is 9.97 Å². The molecule has 5 nitrogen and oxygen atoms in total. The summed E-state index contributed by atoms with van der Waals surface area (Å²) < 4.78 is 2.46. The van der Waals surface area contributed by atoms with E-state index in [0.717, 1.165) is 52.8 Å². The molecule has 2 aliphatic carbocycles. The van der Waals surface area contributed by atoms with E-state index in [1.165, 1.54) is 66.4 Å². The molecule has 3 heterocycles. The van der Waals surface area contributed by atoms with Crippen molar-refractivity contribution in [2.45, 2.75) is 32.1 Å². The molecule has 0 unspecified atom stereocenters. The molecule has 5 heteroatoms. The first-order chi connectivity index (χ1) is 31.5. The van der Waals surface area contributed by atoms with Crippen LogP contribution in [0.3, 0.4) is 0 Å². The van der Waals surface area contributed by atoms with Crippen LogP contribution in [0.1, 0.15) is 48.2 Å². The Labute approximate surface area is 373 Å². The van der Waals surface area contributed by atoms with Gasteiger partial charge in [0.1, 0.15) is 11.6 Å². The average molecular weight is 824 g/mol. The molecule has 0 bridgehead atoms. The number of hydrogen-bond donors (Lipinski definition) is 0. The van der Waals surface area contributed by atoms with Crippen LogP contribution >= 0.6 is 0 Å². The molecule has 0 amide bonds. The Hall–Kier alpha value is -8.02. The Bertz CT molecular complexity index is 3420. The fourth-order valence-electron chi connectivity index (χ4n) is 10.3. The molecule has 2 aliphatic rings. The molecule has 7 aromatic carbocycles. The van der Waals surface area contributed by atoms with Gasteiger partial charge in [-0.05, 0) is 148 Å². The van der Waals surface area contributed by atoms with E-state index in [0.29, 0.717) is 0 Å². The Morgan fingerprint density at radius 1 is 0.484 bits per heavy atom. The van der Waals surface area contributed by atoms with Crippen LogP contribution in [-0.2, 0) is 11.8 Å². The maximum atomic E-state index is 5.05. The molecule has 3 aromatic heterocycles. The fourth-order valence-corrected chi connectivity index (χ4v) is 10.3. The normalized spacial score (nSPS) is 13.6. The van der Waals surface area contributed by atoms with Gasteiger partial charge in [0.2, 0.25) is 0 Å². The number of pyridine rings is 2. The van der Waals surface area contributed by atoms with Crippen molar-refractivity contribution in [3.05, 3.63) is 234 Å². The standard InChI is InChI=1S/C59H45N5/c1-59(2)53-22-10-8-20-49(53)50-30-29-46(39-54(50)59)63(58-25-13-15-33-61-58)48-36-43(42-27-31-56-52(37-42)51-21-9-11-23-55(51)64(56)44-18-4-3-5-19-44)35-47(38-48)62(57-24-12-14-32-60-57)45-28-26-40-16-6-7-17-41(40)34-45/h3-26,28-30,32-39H,27,31H2,1-2H3. The van der Waals surface area contributed by atoms with Gasteiger partial charge in [0.25, 0.3) is 0 Å². The summed E-state index contributed by atoms with van der Waals surface area (Å²) in [5.74, 6) is 1.69. The van der Waals surface area contributed by atoms with Gasteiger partial charge in [-0.1, -0.05) is 123 Å². The monoisotopic (exact) mass is 823 g/mol. The first-order valence-electron chi connectivity index (χ1n) is 22.2. The second-order valence-electron chi connectivity index (χ2n) is 17.4. The summed E-state index contributed by atoms with van der Waals surface area (Å²) >= 11 is 0. The smallest absolute Gasteiger partial charge is 0.137 e. The third-order valence-electron chi connectivity index (χ3n) is 13.3. The number of hydrogen-bond acceptors (Lipinski definition) is 4. The number of aromatic nitrogens is 3. The van der Waals surface area contributed by atoms with E-state index in [1.54, 1.807) is 0 Å². The van der Waals surface area contributed by atoms with Crippen molar-refractivity contribution in [3.63, 3.8) is 0 Å². The third kappa shape index (κ3) is 6.23. The number of benzene rings is 7. The van der Waals surface area contributed by atoms with Crippen LogP contribution in [0.25, 0.3) is 50.1 Å². The van der Waals surface area contributed by atoms with Gasteiger partial charge in [-0.25, -0.2) is 9.97 Å². The summed E-state index contributed by atoms with van der Waals surface area (Å²) in [7, 11) is 0. The van der Waals surface area contributed by atoms with Crippen molar-refractivity contribution in [1.82, 2.24) is 14.5 Å². The number of nitrogens with zero attached hydrogens (tertiary/aromatic N) is 5. The minimum Gasteiger partial charge on any atom is -0.313 e. The number of allylic oxidation sites excluding steroid dienone is 1. The van der Waals surface area contributed by atoms with Gasteiger partial charge in [-0.15, -0.1) is 0 Å². The maximum Gasteiger partial charge on any atom is 0.137 e. The summed E-state index contributed by atoms with van der Waals surface area (Å²) in [5.41, 5.74) is 16.7.